The van der Waals surface area contributed by atoms with E-state index in [9.17, 15) is 19.7 Å². The third-order valence-electron chi connectivity index (χ3n) is 3.97. The maximum Gasteiger partial charge on any atom is 0.338 e. The average Bonchev–Trinajstić information content (AvgIpc) is 2.72. The van der Waals surface area contributed by atoms with Crippen molar-refractivity contribution in [2.24, 2.45) is 0 Å². The van der Waals surface area contributed by atoms with Crippen LogP contribution in [0, 0.1) is 10.1 Å². The number of anilines is 1. The van der Waals surface area contributed by atoms with Crippen LogP contribution in [-0.2, 0) is 16.1 Å². The molecule has 0 aromatic heterocycles. The summed E-state index contributed by atoms with van der Waals surface area (Å²) in [7, 11) is 0. The summed E-state index contributed by atoms with van der Waals surface area (Å²) in [6.07, 6.45) is 0. The molecule has 3 aromatic carbocycles. The minimum Gasteiger partial charge on any atom is -0.457 e. The molecule has 8 nitrogen and oxygen atoms in total. The first-order chi connectivity index (χ1) is 14.4. The van der Waals surface area contributed by atoms with E-state index in [-0.39, 0.29) is 18.2 Å². The van der Waals surface area contributed by atoms with Crippen molar-refractivity contribution in [3.63, 3.8) is 0 Å². The number of carbonyl (C=O) groups is 2. The molecule has 0 aliphatic carbocycles. The zero-order valence-electron chi connectivity index (χ0n) is 16.0. The lowest BCUT2D eigenvalue weighted by Gasteiger charge is -2.09. The lowest BCUT2D eigenvalue weighted by molar-refractivity contribution is -0.384. The maximum atomic E-state index is 12.3. The summed E-state index contributed by atoms with van der Waals surface area (Å²) in [5.41, 5.74) is 1.52. The molecule has 0 heterocycles. The third-order valence-corrected chi connectivity index (χ3v) is 3.97. The molecule has 30 heavy (non-hydrogen) atoms. The first-order valence-corrected chi connectivity index (χ1v) is 8.97. The summed E-state index contributed by atoms with van der Waals surface area (Å²) >= 11 is 0. The highest BCUT2D eigenvalue weighted by Crippen LogP contribution is 2.25. The summed E-state index contributed by atoms with van der Waals surface area (Å²) in [5, 5.41) is 13.3. The lowest BCUT2D eigenvalue weighted by atomic mass is 10.2. The van der Waals surface area contributed by atoms with Crippen molar-refractivity contribution in [3.05, 3.63) is 94.0 Å². The molecular weight excluding hydrogens is 388 g/mol. The van der Waals surface area contributed by atoms with E-state index in [2.05, 4.69) is 5.32 Å². The minimum absolute atomic E-state index is 0.0226. The largest absolute Gasteiger partial charge is 0.457 e. The van der Waals surface area contributed by atoms with Crippen molar-refractivity contribution in [2.45, 2.75) is 13.5 Å². The highest BCUT2D eigenvalue weighted by Gasteiger charge is 2.10. The molecule has 8 heteroatoms. The van der Waals surface area contributed by atoms with Crippen LogP contribution in [0.3, 0.4) is 0 Å². The Morgan fingerprint density at radius 3 is 2.40 bits per heavy atom. The zero-order chi connectivity index (χ0) is 21.5. The van der Waals surface area contributed by atoms with E-state index in [4.69, 9.17) is 9.47 Å². The second-order valence-electron chi connectivity index (χ2n) is 6.34. The molecule has 0 aliphatic rings. The standard InChI is InChI=1S/C22H18N2O6/c1-15(25)23-18-6-3-5-17(13-18)22(26)29-14-16-4-2-7-21(12-16)30-20-10-8-19(9-11-20)24(27)28/h2-13H,14H2,1H3,(H,23,25). The Morgan fingerprint density at radius 1 is 0.967 bits per heavy atom. The number of benzene rings is 3. The average molecular weight is 406 g/mol. The molecule has 0 aliphatic heterocycles. The van der Waals surface area contributed by atoms with Crippen molar-refractivity contribution < 1.29 is 24.0 Å². The number of non-ortho nitro benzene ring substituents is 1. The van der Waals surface area contributed by atoms with Gasteiger partial charge in [0.05, 0.1) is 10.5 Å². The van der Waals surface area contributed by atoms with Gasteiger partial charge in [0, 0.05) is 24.7 Å². The highest BCUT2D eigenvalue weighted by atomic mass is 16.6. The predicted octanol–water partition coefficient (Wildman–Crippen LogP) is 4.70. The molecule has 0 spiro atoms. The number of hydrogen-bond donors (Lipinski definition) is 1. The van der Waals surface area contributed by atoms with Crippen LogP contribution >= 0.6 is 0 Å². The molecule has 3 rings (SSSR count). The number of nitro groups is 1. The predicted molar refractivity (Wildman–Crippen MR) is 109 cm³/mol. The number of rotatable bonds is 7. The van der Waals surface area contributed by atoms with Crippen molar-refractivity contribution >= 4 is 23.3 Å². The molecule has 1 amide bonds. The second-order valence-corrected chi connectivity index (χ2v) is 6.34. The lowest BCUT2D eigenvalue weighted by Crippen LogP contribution is -2.08. The molecule has 0 saturated carbocycles. The van der Waals surface area contributed by atoms with Gasteiger partial charge in [-0.2, -0.15) is 0 Å². The van der Waals surface area contributed by atoms with E-state index in [1.807, 2.05) is 0 Å². The third kappa shape index (κ3) is 5.65. The quantitative estimate of drug-likeness (QED) is 0.346. The van der Waals surface area contributed by atoms with Gasteiger partial charge in [0.15, 0.2) is 0 Å². The fourth-order valence-electron chi connectivity index (χ4n) is 2.63. The van der Waals surface area contributed by atoms with Gasteiger partial charge in [0.2, 0.25) is 5.91 Å². The Labute approximate surface area is 172 Å². The number of hydrogen-bond acceptors (Lipinski definition) is 6. The van der Waals surface area contributed by atoms with E-state index in [0.29, 0.717) is 28.3 Å². The van der Waals surface area contributed by atoms with Crippen LogP contribution in [0.5, 0.6) is 11.5 Å². The molecule has 0 saturated heterocycles. The van der Waals surface area contributed by atoms with E-state index >= 15 is 0 Å². The summed E-state index contributed by atoms with van der Waals surface area (Å²) < 4.78 is 11.0. The van der Waals surface area contributed by atoms with E-state index < -0.39 is 10.9 Å². The van der Waals surface area contributed by atoms with Crippen molar-refractivity contribution in [1.29, 1.82) is 0 Å². The van der Waals surface area contributed by atoms with Crippen molar-refractivity contribution in [1.82, 2.24) is 0 Å². The molecule has 0 unspecified atom stereocenters. The summed E-state index contributed by atoms with van der Waals surface area (Å²) in [6, 6.07) is 19.2. The van der Waals surface area contributed by atoms with Gasteiger partial charge >= 0.3 is 5.97 Å². The maximum absolute atomic E-state index is 12.3. The fraction of sp³-hybridized carbons (Fsp3) is 0.0909. The van der Waals surface area contributed by atoms with Crippen molar-refractivity contribution in [2.75, 3.05) is 5.32 Å². The molecular formula is C22H18N2O6. The van der Waals surface area contributed by atoms with Crippen molar-refractivity contribution in [3.8, 4) is 11.5 Å². The minimum atomic E-state index is -0.524. The Hall–Kier alpha value is -4.20. The van der Waals surface area contributed by atoms with Crippen LogP contribution in [0.15, 0.2) is 72.8 Å². The number of amides is 1. The van der Waals surface area contributed by atoms with Gasteiger partial charge in [-0.05, 0) is 48.0 Å². The Morgan fingerprint density at radius 2 is 1.70 bits per heavy atom. The molecule has 0 radical (unpaired) electrons. The summed E-state index contributed by atoms with van der Waals surface area (Å²) in [6.45, 7) is 1.41. The van der Waals surface area contributed by atoms with Crippen LogP contribution in [0.25, 0.3) is 0 Å². The molecule has 3 aromatic rings. The Kier molecular flexibility index (Phi) is 6.39. The van der Waals surface area contributed by atoms with Gasteiger partial charge < -0.3 is 14.8 Å². The number of carbonyl (C=O) groups excluding carboxylic acids is 2. The first-order valence-electron chi connectivity index (χ1n) is 8.97. The molecule has 152 valence electrons. The zero-order valence-corrected chi connectivity index (χ0v) is 16.0. The van der Waals surface area contributed by atoms with E-state index in [0.717, 1.165) is 0 Å². The number of esters is 1. The molecule has 0 fully saturated rings. The second kappa shape index (κ2) is 9.33. The van der Waals surface area contributed by atoms with Gasteiger partial charge in [-0.25, -0.2) is 4.79 Å². The van der Waals surface area contributed by atoms with E-state index in [1.54, 1.807) is 42.5 Å². The highest BCUT2D eigenvalue weighted by molar-refractivity contribution is 5.93. The number of nitrogens with one attached hydrogen (secondary N) is 1. The topological polar surface area (TPSA) is 108 Å². The normalized spacial score (nSPS) is 10.2. The van der Waals surface area contributed by atoms with Gasteiger partial charge in [0.1, 0.15) is 18.1 Å². The molecule has 1 N–H and O–H groups in total. The van der Waals surface area contributed by atoms with Gasteiger partial charge in [-0.1, -0.05) is 18.2 Å². The SMILES string of the molecule is CC(=O)Nc1cccc(C(=O)OCc2cccc(Oc3ccc([N+](=O)[O-])cc3)c2)c1. The van der Waals surface area contributed by atoms with Gasteiger partial charge in [0.25, 0.3) is 5.69 Å². The number of nitro benzene ring substituents is 1. The first kappa shape index (κ1) is 20.5. The molecule has 0 bridgehead atoms. The molecule has 0 atom stereocenters. The van der Waals surface area contributed by atoms with E-state index in [1.165, 1.54) is 37.3 Å². The number of ether oxygens (including phenoxy) is 2. The Balaban J connectivity index is 1.62. The Bertz CT molecular complexity index is 1080. The van der Waals surface area contributed by atoms with Crippen LogP contribution in [-0.4, -0.2) is 16.8 Å². The summed E-state index contributed by atoms with van der Waals surface area (Å²) in [5.74, 6) is 0.198. The smallest absolute Gasteiger partial charge is 0.338 e. The van der Waals surface area contributed by atoms with Crippen LogP contribution in [0.4, 0.5) is 11.4 Å². The van der Waals surface area contributed by atoms with Crippen LogP contribution in [0.1, 0.15) is 22.8 Å². The fourth-order valence-corrected chi connectivity index (χ4v) is 2.63. The monoisotopic (exact) mass is 406 g/mol. The summed E-state index contributed by atoms with van der Waals surface area (Å²) in [4.78, 5) is 33.7. The van der Waals surface area contributed by atoms with Gasteiger partial charge in [-0.3, -0.25) is 14.9 Å². The number of nitrogens with zero attached hydrogens (tertiary/aromatic N) is 1. The van der Waals surface area contributed by atoms with Gasteiger partial charge in [-0.15, -0.1) is 0 Å². The van der Waals surface area contributed by atoms with Crippen LogP contribution in [0.2, 0.25) is 0 Å². The van der Waals surface area contributed by atoms with Crippen LogP contribution < -0.4 is 10.1 Å².